The van der Waals surface area contributed by atoms with Crippen LogP contribution in [0.25, 0.3) is 66.7 Å². The Hall–Kier alpha value is -8.46. The molecular weight excluding hydrogens is 773 g/mol. The molecule has 0 unspecified atom stereocenters. The van der Waals surface area contributed by atoms with E-state index in [2.05, 4.69) is 277 Å². The summed E-state index contributed by atoms with van der Waals surface area (Å²) in [6.07, 6.45) is 4.37. The van der Waals surface area contributed by atoms with Crippen LogP contribution in [0.4, 0.5) is 34.1 Å². The molecule has 0 aromatic heterocycles. The quantitative estimate of drug-likeness (QED) is 0.100. The molecule has 0 fully saturated rings. The Balaban J connectivity index is 0.823. The summed E-state index contributed by atoms with van der Waals surface area (Å²) in [5.74, 6) is 0. The highest BCUT2D eigenvalue weighted by atomic mass is 15.1. The molecule has 64 heavy (non-hydrogen) atoms. The summed E-state index contributed by atoms with van der Waals surface area (Å²) in [7, 11) is 0. The van der Waals surface area contributed by atoms with Gasteiger partial charge in [0.15, 0.2) is 0 Å². The van der Waals surface area contributed by atoms with Crippen LogP contribution in [0, 0.1) is 0 Å². The third-order valence-electron chi connectivity index (χ3n) is 12.2. The summed E-state index contributed by atoms with van der Waals surface area (Å²) in [6, 6.07) is 91.7. The predicted octanol–water partition coefficient (Wildman–Crippen LogP) is 17.6. The Bertz CT molecular complexity index is 3350. The van der Waals surface area contributed by atoms with Gasteiger partial charge in [-0.1, -0.05) is 200 Å². The van der Waals surface area contributed by atoms with Crippen molar-refractivity contribution in [3.63, 3.8) is 0 Å². The summed E-state index contributed by atoms with van der Waals surface area (Å²) >= 11 is 0. The minimum absolute atomic E-state index is 1.11. The van der Waals surface area contributed by atoms with Crippen LogP contribution in [0.1, 0.15) is 11.1 Å². The van der Waals surface area contributed by atoms with E-state index in [0.717, 1.165) is 45.3 Å². The monoisotopic (exact) mass is 816 g/mol. The lowest BCUT2D eigenvalue weighted by molar-refractivity contribution is 1.28. The maximum absolute atomic E-state index is 2.41. The zero-order chi connectivity index (χ0) is 42.7. The normalized spacial score (nSPS) is 11.4. The highest BCUT2D eigenvalue weighted by Crippen LogP contribution is 2.43. The van der Waals surface area contributed by atoms with Crippen LogP contribution < -0.4 is 9.80 Å². The molecule has 0 bridgehead atoms. The van der Waals surface area contributed by atoms with E-state index in [1.54, 1.807) is 0 Å². The van der Waals surface area contributed by atoms with E-state index >= 15 is 0 Å². The smallest absolute Gasteiger partial charge is 0.0546 e. The standard InChI is InChI=1S/C62H44N2/c1-3-16-54(17-4-1)63(55-18-5-2-6-19-55)56-38-33-50(34-39-56)48-29-25-45(26-30-48)23-24-46-27-31-49(32-28-46)51-35-40-57(41-36-51)64(58-42-37-47-13-7-8-14-52(47)43-58)62-44-53-15-9-10-20-59(53)60-21-11-12-22-61(60)62/h1-44H/b24-23+. The Labute approximate surface area is 374 Å². The van der Waals surface area contributed by atoms with Crippen LogP contribution in [0.3, 0.4) is 0 Å². The predicted molar refractivity (Wildman–Crippen MR) is 275 cm³/mol. The van der Waals surface area contributed by atoms with Crippen LogP contribution in [-0.4, -0.2) is 0 Å². The Morgan fingerprint density at radius 1 is 0.234 bits per heavy atom. The van der Waals surface area contributed by atoms with E-state index in [1.165, 1.54) is 54.6 Å². The number of benzene rings is 11. The molecule has 11 rings (SSSR count). The average Bonchev–Trinajstić information content (AvgIpc) is 3.37. The topological polar surface area (TPSA) is 6.48 Å². The molecule has 0 amide bonds. The highest BCUT2D eigenvalue weighted by molar-refractivity contribution is 6.14. The van der Waals surface area contributed by atoms with Crippen molar-refractivity contribution in [2.24, 2.45) is 0 Å². The number of fused-ring (bicyclic) bond motifs is 4. The number of para-hydroxylation sites is 2. The number of nitrogens with zero attached hydrogens (tertiary/aromatic N) is 2. The molecule has 0 aliphatic carbocycles. The third kappa shape index (κ3) is 7.70. The lowest BCUT2D eigenvalue weighted by Gasteiger charge is -2.28. The van der Waals surface area contributed by atoms with Gasteiger partial charge in [-0.25, -0.2) is 0 Å². The summed E-state index contributed by atoms with van der Waals surface area (Å²) < 4.78 is 0. The van der Waals surface area contributed by atoms with Crippen LogP contribution in [0.15, 0.2) is 255 Å². The lowest BCUT2D eigenvalue weighted by Crippen LogP contribution is -2.10. The summed E-state index contributed by atoms with van der Waals surface area (Å²) in [5.41, 5.74) is 13.8. The van der Waals surface area contributed by atoms with Gasteiger partial charge in [-0.05, 0) is 127 Å². The molecule has 0 saturated heterocycles. The molecule has 2 nitrogen and oxygen atoms in total. The van der Waals surface area contributed by atoms with Gasteiger partial charge in [0.25, 0.3) is 0 Å². The summed E-state index contributed by atoms with van der Waals surface area (Å²) in [5, 5.41) is 7.41. The molecule has 2 heteroatoms. The first-order chi connectivity index (χ1) is 31.7. The van der Waals surface area contributed by atoms with E-state index < -0.39 is 0 Å². The molecule has 11 aromatic rings. The van der Waals surface area contributed by atoms with E-state index in [1.807, 2.05) is 0 Å². The zero-order valence-electron chi connectivity index (χ0n) is 35.3. The molecule has 0 aliphatic rings. The van der Waals surface area contributed by atoms with Crippen LogP contribution in [-0.2, 0) is 0 Å². The van der Waals surface area contributed by atoms with Gasteiger partial charge in [0.1, 0.15) is 0 Å². The number of hydrogen-bond donors (Lipinski definition) is 0. The molecule has 0 atom stereocenters. The van der Waals surface area contributed by atoms with Gasteiger partial charge in [-0.15, -0.1) is 0 Å². The Morgan fingerprint density at radius 2 is 0.625 bits per heavy atom. The van der Waals surface area contributed by atoms with Crippen molar-refractivity contribution in [1.82, 2.24) is 0 Å². The minimum atomic E-state index is 1.11. The first kappa shape index (κ1) is 38.5. The van der Waals surface area contributed by atoms with Crippen molar-refractivity contribution in [3.8, 4) is 22.3 Å². The van der Waals surface area contributed by atoms with Crippen molar-refractivity contribution in [1.29, 1.82) is 0 Å². The molecule has 0 saturated carbocycles. The fourth-order valence-corrected chi connectivity index (χ4v) is 8.94. The molecular formula is C62H44N2. The molecule has 302 valence electrons. The molecule has 0 aliphatic heterocycles. The highest BCUT2D eigenvalue weighted by Gasteiger charge is 2.18. The number of rotatable bonds is 10. The van der Waals surface area contributed by atoms with Gasteiger partial charge >= 0.3 is 0 Å². The molecule has 0 heterocycles. The van der Waals surface area contributed by atoms with Gasteiger partial charge in [0.2, 0.25) is 0 Å². The second kappa shape index (κ2) is 17.1. The SMILES string of the molecule is C(=C\c1ccc(-c2ccc(N(c3ccc4ccccc4c3)c3cc4ccccc4c4ccccc34)cc2)cc1)/c1ccc(-c2ccc(N(c3ccccc3)c3ccccc3)cc2)cc1. The molecule has 0 radical (unpaired) electrons. The van der Waals surface area contributed by atoms with E-state index in [9.17, 15) is 0 Å². The van der Waals surface area contributed by atoms with Crippen molar-refractivity contribution in [2.75, 3.05) is 9.80 Å². The Kier molecular flexibility index (Phi) is 10.3. The van der Waals surface area contributed by atoms with E-state index in [4.69, 9.17) is 0 Å². The van der Waals surface area contributed by atoms with Gasteiger partial charge in [-0.2, -0.15) is 0 Å². The largest absolute Gasteiger partial charge is 0.311 e. The first-order valence-electron chi connectivity index (χ1n) is 21.9. The average molecular weight is 817 g/mol. The molecule has 0 spiro atoms. The lowest BCUT2D eigenvalue weighted by atomic mass is 9.98. The molecule has 0 N–H and O–H groups in total. The second-order valence-corrected chi connectivity index (χ2v) is 16.2. The van der Waals surface area contributed by atoms with Crippen LogP contribution in [0.5, 0.6) is 0 Å². The first-order valence-corrected chi connectivity index (χ1v) is 21.9. The number of anilines is 6. The maximum Gasteiger partial charge on any atom is 0.0546 e. The fraction of sp³-hybridized carbons (Fsp3) is 0. The van der Waals surface area contributed by atoms with Crippen LogP contribution in [0.2, 0.25) is 0 Å². The van der Waals surface area contributed by atoms with Gasteiger partial charge in [0, 0.05) is 33.8 Å². The Morgan fingerprint density at radius 3 is 1.17 bits per heavy atom. The van der Waals surface area contributed by atoms with Crippen molar-refractivity contribution >= 4 is 78.6 Å². The summed E-state index contributed by atoms with van der Waals surface area (Å²) in [6.45, 7) is 0. The van der Waals surface area contributed by atoms with E-state index in [0.29, 0.717) is 0 Å². The van der Waals surface area contributed by atoms with Gasteiger partial charge < -0.3 is 9.80 Å². The maximum atomic E-state index is 2.41. The minimum Gasteiger partial charge on any atom is -0.311 e. The third-order valence-corrected chi connectivity index (χ3v) is 12.2. The van der Waals surface area contributed by atoms with Gasteiger partial charge in [0.05, 0.1) is 5.69 Å². The zero-order valence-corrected chi connectivity index (χ0v) is 35.3. The van der Waals surface area contributed by atoms with Crippen molar-refractivity contribution in [2.45, 2.75) is 0 Å². The van der Waals surface area contributed by atoms with Crippen molar-refractivity contribution < 1.29 is 0 Å². The second-order valence-electron chi connectivity index (χ2n) is 16.2. The van der Waals surface area contributed by atoms with E-state index in [-0.39, 0.29) is 0 Å². The van der Waals surface area contributed by atoms with Crippen molar-refractivity contribution in [3.05, 3.63) is 266 Å². The van der Waals surface area contributed by atoms with Crippen LogP contribution >= 0.6 is 0 Å². The number of hydrogen-bond acceptors (Lipinski definition) is 2. The molecule has 11 aromatic carbocycles. The fourth-order valence-electron chi connectivity index (χ4n) is 8.94. The van der Waals surface area contributed by atoms with Gasteiger partial charge in [-0.3, -0.25) is 0 Å². The summed E-state index contributed by atoms with van der Waals surface area (Å²) in [4.78, 5) is 4.70.